The lowest BCUT2D eigenvalue weighted by Gasteiger charge is -2.16. The van der Waals surface area contributed by atoms with E-state index >= 15 is 0 Å². The van der Waals surface area contributed by atoms with Crippen molar-refractivity contribution < 1.29 is 23.2 Å². The molecule has 3 aliphatic heterocycles. The van der Waals surface area contributed by atoms with E-state index in [1.165, 1.54) is 50.2 Å². The van der Waals surface area contributed by atoms with Gasteiger partial charge in [0.15, 0.2) is 49.8 Å². The van der Waals surface area contributed by atoms with E-state index < -0.39 is 0 Å². The van der Waals surface area contributed by atoms with Gasteiger partial charge in [0.25, 0.3) is 0 Å². The second-order valence-corrected chi connectivity index (χ2v) is 13.9. The van der Waals surface area contributed by atoms with E-state index in [0.717, 1.165) is 63.5 Å². The zero-order valence-electron chi connectivity index (χ0n) is 34.5. The Morgan fingerprint density at radius 1 is 0.421 bits per heavy atom. The summed E-state index contributed by atoms with van der Waals surface area (Å²) in [6, 6.07) is 53.2. The molecular formula is C52H59N3O2. The van der Waals surface area contributed by atoms with Crippen molar-refractivity contribution in [1.82, 2.24) is 0 Å². The van der Waals surface area contributed by atoms with Crippen LogP contribution in [0.15, 0.2) is 152 Å². The largest absolute Gasteiger partial charge is 0.493 e. The van der Waals surface area contributed by atoms with Gasteiger partial charge in [-0.3, -0.25) is 0 Å². The number of nitrogens with zero attached hydrogens (tertiary/aromatic N) is 3. The lowest BCUT2D eigenvalue weighted by atomic mass is 10.0. The highest BCUT2D eigenvalue weighted by Gasteiger charge is 2.20. The minimum absolute atomic E-state index is 0. The van der Waals surface area contributed by atoms with Crippen LogP contribution in [-0.2, 0) is 32.4 Å². The standard InChI is InChI=1S/C18H20NO2.C16H16N.C15H14N.3CH3/c1-20-17-10-15-8-9-19(12-14-6-4-3-5-7-14)13-16(15)11-18(17)21-2;1-2-6-14(7-3-1)12-17-11-10-15-8-4-5-9-16(15)13-17;1-2-8-15(9-3-1)16-11-10-13-6-4-5-7-14(13)12-16;;;/h3-7,10-11,13H,8-9,12H2,1-2H3;1-9,13H,10-12H2;1-9,12H,10-11H2;3*1H3/q3*+1;3*-1. The molecule has 0 bridgehead atoms. The molecule has 0 N–H and O–H groups in total. The van der Waals surface area contributed by atoms with Crippen molar-refractivity contribution in [2.24, 2.45) is 0 Å². The van der Waals surface area contributed by atoms with Crippen molar-refractivity contribution in [1.29, 1.82) is 0 Å². The van der Waals surface area contributed by atoms with Gasteiger partial charge in [-0.2, -0.15) is 4.58 Å². The molecule has 5 heteroatoms. The van der Waals surface area contributed by atoms with E-state index in [0.29, 0.717) is 0 Å². The Bertz CT molecular complexity index is 2240. The minimum Gasteiger partial charge on any atom is -0.493 e. The van der Waals surface area contributed by atoms with E-state index in [4.69, 9.17) is 9.47 Å². The third-order valence-corrected chi connectivity index (χ3v) is 10.2. The fourth-order valence-corrected chi connectivity index (χ4v) is 7.28. The molecule has 0 unspecified atom stereocenters. The molecule has 57 heavy (non-hydrogen) atoms. The van der Waals surface area contributed by atoms with Crippen molar-refractivity contribution in [2.45, 2.75) is 32.4 Å². The zero-order valence-corrected chi connectivity index (χ0v) is 34.5. The van der Waals surface area contributed by atoms with Crippen LogP contribution in [0, 0.1) is 22.3 Å². The van der Waals surface area contributed by atoms with Crippen molar-refractivity contribution in [3.63, 3.8) is 0 Å². The number of benzene rings is 6. The minimum atomic E-state index is 0. The lowest BCUT2D eigenvalue weighted by molar-refractivity contribution is -0.540. The fourth-order valence-electron chi connectivity index (χ4n) is 7.28. The number of hydrogen-bond acceptors (Lipinski definition) is 2. The van der Waals surface area contributed by atoms with Crippen LogP contribution in [0.3, 0.4) is 0 Å². The molecule has 0 spiro atoms. The third kappa shape index (κ3) is 11.7. The van der Waals surface area contributed by atoms with Gasteiger partial charge in [-0.15, -0.1) is 0 Å². The number of rotatable bonds is 7. The second-order valence-electron chi connectivity index (χ2n) is 13.9. The Kier molecular flexibility index (Phi) is 16.8. The maximum atomic E-state index is 5.39. The fraction of sp³-hybridized carbons (Fsp3) is 0.192. The van der Waals surface area contributed by atoms with Crippen molar-refractivity contribution in [2.75, 3.05) is 33.9 Å². The second kappa shape index (κ2) is 21.9. The molecule has 9 rings (SSSR count). The molecule has 6 aromatic carbocycles. The molecule has 0 fully saturated rings. The summed E-state index contributed by atoms with van der Waals surface area (Å²) in [5.74, 6) is 1.59. The average molecular weight is 758 g/mol. The van der Waals surface area contributed by atoms with Gasteiger partial charge in [-0.25, -0.2) is 9.15 Å². The molecule has 3 aliphatic rings. The van der Waals surface area contributed by atoms with Crippen LogP contribution in [-0.4, -0.2) is 66.2 Å². The summed E-state index contributed by atoms with van der Waals surface area (Å²) < 4.78 is 17.8. The highest BCUT2D eigenvalue weighted by molar-refractivity contribution is 5.81. The van der Waals surface area contributed by atoms with Gasteiger partial charge in [-0.05, 0) is 41.0 Å². The number of fused-ring (bicyclic) bond motifs is 3. The Balaban J connectivity index is 0.000000186. The summed E-state index contributed by atoms with van der Waals surface area (Å²) in [4.78, 5) is 0. The number of hydrogen-bond donors (Lipinski definition) is 0. The molecule has 0 saturated carbocycles. The number of methoxy groups -OCH3 is 2. The van der Waals surface area contributed by atoms with Crippen LogP contribution in [0.25, 0.3) is 0 Å². The summed E-state index contributed by atoms with van der Waals surface area (Å²) in [7, 11) is 3.35. The first kappa shape index (κ1) is 43.7. The first-order valence-electron chi connectivity index (χ1n) is 19.0. The number of ether oxygens (including phenoxy) is 2. The van der Waals surface area contributed by atoms with Gasteiger partial charge in [0.05, 0.1) is 14.2 Å². The van der Waals surface area contributed by atoms with Crippen LogP contribution < -0.4 is 9.47 Å². The Morgan fingerprint density at radius 2 is 0.842 bits per heavy atom. The summed E-state index contributed by atoms with van der Waals surface area (Å²) in [5, 5.41) is 0. The monoisotopic (exact) mass is 757 g/mol. The van der Waals surface area contributed by atoms with E-state index in [9.17, 15) is 0 Å². The average Bonchev–Trinajstić information content (AvgIpc) is 3.24. The molecule has 3 heterocycles. The highest BCUT2D eigenvalue weighted by atomic mass is 16.5. The first-order valence-corrected chi connectivity index (χ1v) is 19.0. The molecule has 0 radical (unpaired) electrons. The Labute approximate surface area is 342 Å². The SMILES string of the molecule is C1=[N+](Cc2ccccc2)CCc2ccccc21.C1=[N+](c2ccccc2)CCc2ccccc21.COc1cc2c(cc1OC)CC[N+](Cc1ccccc1)=C2.[CH3-].[CH3-].[CH3-]. The van der Waals surface area contributed by atoms with E-state index in [1.807, 2.05) is 0 Å². The van der Waals surface area contributed by atoms with Gasteiger partial charge in [-0.1, -0.05) is 115 Å². The zero-order chi connectivity index (χ0) is 37.0. The van der Waals surface area contributed by atoms with E-state index in [1.54, 1.807) is 14.2 Å². The van der Waals surface area contributed by atoms with Crippen molar-refractivity contribution >= 4 is 24.3 Å². The van der Waals surface area contributed by atoms with Crippen LogP contribution in [0.2, 0.25) is 0 Å². The van der Waals surface area contributed by atoms with Crippen molar-refractivity contribution in [3.8, 4) is 11.5 Å². The normalized spacial score (nSPS) is 13.1. The smallest absolute Gasteiger partial charge is 0.205 e. The molecule has 0 saturated heterocycles. The lowest BCUT2D eigenvalue weighted by Crippen LogP contribution is -2.22. The topological polar surface area (TPSA) is 27.5 Å². The van der Waals surface area contributed by atoms with Crippen LogP contribution >= 0.6 is 0 Å². The van der Waals surface area contributed by atoms with Gasteiger partial charge < -0.3 is 31.8 Å². The molecule has 0 atom stereocenters. The molecule has 0 aromatic heterocycles. The highest BCUT2D eigenvalue weighted by Crippen LogP contribution is 2.31. The van der Waals surface area contributed by atoms with Crippen LogP contribution in [0.1, 0.15) is 44.5 Å². The summed E-state index contributed by atoms with van der Waals surface area (Å²) in [6.07, 6.45) is 10.0. The predicted molar refractivity (Wildman–Crippen MR) is 240 cm³/mol. The van der Waals surface area contributed by atoms with Crippen LogP contribution in [0.4, 0.5) is 5.69 Å². The van der Waals surface area contributed by atoms with Crippen LogP contribution in [0.5, 0.6) is 11.5 Å². The number of para-hydroxylation sites is 1. The summed E-state index contributed by atoms with van der Waals surface area (Å²) in [5.41, 5.74) is 12.2. The maximum Gasteiger partial charge on any atom is 0.205 e. The van der Waals surface area contributed by atoms with Crippen molar-refractivity contribution in [3.05, 3.63) is 218 Å². The molecule has 6 aromatic rings. The quantitative estimate of drug-likeness (QED) is 0.120. The van der Waals surface area contributed by atoms with Gasteiger partial charge >= 0.3 is 0 Å². The van der Waals surface area contributed by atoms with Gasteiger partial charge in [0.1, 0.15) is 13.1 Å². The summed E-state index contributed by atoms with van der Waals surface area (Å²) in [6.45, 7) is 5.16. The van der Waals surface area contributed by atoms with Gasteiger partial charge in [0.2, 0.25) is 5.69 Å². The molecular weight excluding hydrogens is 699 g/mol. The third-order valence-electron chi connectivity index (χ3n) is 10.2. The first-order chi connectivity index (χ1) is 26.6. The Morgan fingerprint density at radius 3 is 1.39 bits per heavy atom. The predicted octanol–water partition coefficient (Wildman–Crippen LogP) is 10.1. The molecule has 5 nitrogen and oxygen atoms in total. The summed E-state index contributed by atoms with van der Waals surface area (Å²) >= 11 is 0. The maximum absolute atomic E-state index is 5.39. The van der Waals surface area contributed by atoms with E-state index in [2.05, 4.69) is 184 Å². The van der Waals surface area contributed by atoms with Gasteiger partial charge in [0, 0.05) is 59.2 Å². The molecule has 0 aliphatic carbocycles. The molecule has 294 valence electrons. The molecule has 0 amide bonds. The Hall–Kier alpha value is -6.07. The van der Waals surface area contributed by atoms with E-state index in [-0.39, 0.29) is 22.3 Å².